The van der Waals surface area contributed by atoms with E-state index in [9.17, 15) is 4.79 Å². The zero-order valence-electron chi connectivity index (χ0n) is 14.6. The van der Waals surface area contributed by atoms with Crippen LogP contribution >= 0.6 is 0 Å². The summed E-state index contributed by atoms with van der Waals surface area (Å²) in [6.45, 7) is 1.11. The molecule has 1 heterocycles. The summed E-state index contributed by atoms with van der Waals surface area (Å²) < 4.78 is 5.79. The lowest BCUT2D eigenvalue weighted by Gasteiger charge is -2.11. The Hall–Kier alpha value is -3.34. The molecule has 5 heteroatoms. The van der Waals surface area contributed by atoms with Crippen LogP contribution in [0.25, 0.3) is 0 Å². The summed E-state index contributed by atoms with van der Waals surface area (Å²) >= 11 is 0. The number of ether oxygens (including phenoxy) is 1. The van der Waals surface area contributed by atoms with Crippen molar-refractivity contribution in [2.75, 3.05) is 12.4 Å². The SMILES string of the molecule is CNC(=O)c1cccnc1NCc1ccc(OCc2ccccc2)cc1. The maximum absolute atomic E-state index is 11.9. The highest BCUT2D eigenvalue weighted by molar-refractivity contribution is 5.98. The Morgan fingerprint density at radius 1 is 0.962 bits per heavy atom. The van der Waals surface area contributed by atoms with Gasteiger partial charge in [-0.2, -0.15) is 0 Å². The normalized spacial score (nSPS) is 10.2. The van der Waals surface area contributed by atoms with Gasteiger partial charge in [0, 0.05) is 19.8 Å². The Morgan fingerprint density at radius 3 is 2.46 bits per heavy atom. The molecule has 0 saturated heterocycles. The molecule has 2 N–H and O–H groups in total. The van der Waals surface area contributed by atoms with Crippen LogP contribution in [-0.4, -0.2) is 17.9 Å². The second-order valence-electron chi connectivity index (χ2n) is 5.75. The van der Waals surface area contributed by atoms with Crippen LogP contribution in [0.4, 0.5) is 5.82 Å². The number of rotatable bonds is 7. The van der Waals surface area contributed by atoms with Gasteiger partial charge in [0.05, 0.1) is 5.56 Å². The molecular weight excluding hydrogens is 326 g/mol. The lowest BCUT2D eigenvalue weighted by Crippen LogP contribution is -2.20. The molecular formula is C21H21N3O2. The summed E-state index contributed by atoms with van der Waals surface area (Å²) in [5.41, 5.74) is 2.73. The molecule has 0 aliphatic heterocycles. The summed E-state index contributed by atoms with van der Waals surface area (Å²) in [6.07, 6.45) is 1.66. The number of carbonyl (C=O) groups is 1. The number of hydrogen-bond donors (Lipinski definition) is 2. The number of carbonyl (C=O) groups excluding carboxylic acids is 1. The van der Waals surface area contributed by atoms with Gasteiger partial charge in [-0.25, -0.2) is 4.98 Å². The summed E-state index contributed by atoms with van der Waals surface area (Å²) in [5.74, 6) is 1.23. The smallest absolute Gasteiger partial charge is 0.254 e. The number of anilines is 1. The van der Waals surface area contributed by atoms with Gasteiger partial charge in [0.25, 0.3) is 5.91 Å². The predicted octanol–water partition coefficient (Wildman–Crippen LogP) is 3.63. The average molecular weight is 347 g/mol. The van der Waals surface area contributed by atoms with E-state index < -0.39 is 0 Å². The van der Waals surface area contributed by atoms with Crippen molar-refractivity contribution < 1.29 is 9.53 Å². The van der Waals surface area contributed by atoms with Crippen molar-refractivity contribution in [3.63, 3.8) is 0 Å². The molecule has 1 amide bonds. The highest BCUT2D eigenvalue weighted by atomic mass is 16.5. The average Bonchev–Trinajstić information content (AvgIpc) is 2.72. The molecule has 5 nitrogen and oxygen atoms in total. The van der Waals surface area contributed by atoms with Gasteiger partial charge >= 0.3 is 0 Å². The Bertz CT molecular complexity index is 849. The molecule has 0 aliphatic rings. The third-order valence-corrected chi connectivity index (χ3v) is 3.91. The Kier molecular flexibility index (Phi) is 5.83. The lowest BCUT2D eigenvalue weighted by atomic mass is 10.2. The van der Waals surface area contributed by atoms with Crippen molar-refractivity contribution in [1.82, 2.24) is 10.3 Å². The van der Waals surface area contributed by atoms with Crippen molar-refractivity contribution in [2.24, 2.45) is 0 Å². The minimum absolute atomic E-state index is 0.162. The fourth-order valence-corrected chi connectivity index (χ4v) is 2.49. The van der Waals surface area contributed by atoms with E-state index in [0.717, 1.165) is 16.9 Å². The Labute approximate surface area is 153 Å². The largest absolute Gasteiger partial charge is 0.489 e. The first-order valence-electron chi connectivity index (χ1n) is 8.43. The lowest BCUT2D eigenvalue weighted by molar-refractivity contribution is 0.0963. The van der Waals surface area contributed by atoms with Gasteiger partial charge in [-0.1, -0.05) is 42.5 Å². The molecule has 132 valence electrons. The second-order valence-corrected chi connectivity index (χ2v) is 5.75. The summed E-state index contributed by atoms with van der Waals surface area (Å²) in [6, 6.07) is 21.4. The van der Waals surface area contributed by atoms with Crippen LogP contribution in [0, 0.1) is 0 Å². The third-order valence-electron chi connectivity index (χ3n) is 3.91. The van der Waals surface area contributed by atoms with Gasteiger partial charge in [0.1, 0.15) is 18.2 Å². The van der Waals surface area contributed by atoms with E-state index in [1.165, 1.54) is 0 Å². The molecule has 3 rings (SSSR count). The molecule has 0 fully saturated rings. The molecule has 0 radical (unpaired) electrons. The van der Waals surface area contributed by atoms with Crippen LogP contribution in [0.15, 0.2) is 72.9 Å². The number of nitrogens with zero attached hydrogens (tertiary/aromatic N) is 1. The van der Waals surface area contributed by atoms with Crippen molar-refractivity contribution in [3.8, 4) is 5.75 Å². The maximum Gasteiger partial charge on any atom is 0.254 e. The van der Waals surface area contributed by atoms with Crippen molar-refractivity contribution >= 4 is 11.7 Å². The maximum atomic E-state index is 11.9. The molecule has 0 atom stereocenters. The van der Waals surface area contributed by atoms with E-state index in [1.54, 1.807) is 25.4 Å². The van der Waals surface area contributed by atoms with Gasteiger partial charge in [-0.05, 0) is 35.4 Å². The topological polar surface area (TPSA) is 63.2 Å². The fourth-order valence-electron chi connectivity index (χ4n) is 2.49. The predicted molar refractivity (Wildman–Crippen MR) is 102 cm³/mol. The molecule has 0 aliphatic carbocycles. The van der Waals surface area contributed by atoms with Gasteiger partial charge in [-0.15, -0.1) is 0 Å². The van der Waals surface area contributed by atoms with Gasteiger partial charge in [0.15, 0.2) is 0 Å². The van der Waals surface area contributed by atoms with Crippen LogP contribution in [-0.2, 0) is 13.2 Å². The minimum Gasteiger partial charge on any atom is -0.489 e. The standard InChI is InChI=1S/C21H21N3O2/c1-22-21(25)19-8-5-13-23-20(19)24-14-16-9-11-18(12-10-16)26-15-17-6-3-2-4-7-17/h2-13H,14-15H2,1H3,(H,22,25)(H,23,24). The highest BCUT2D eigenvalue weighted by Crippen LogP contribution is 2.16. The molecule has 0 saturated carbocycles. The van der Waals surface area contributed by atoms with E-state index in [4.69, 9.17) is 4.74 Å². The van der Waals surface area contributed by atoms with E-state index in [1.807, 2.05) is 54.6 Å². The summed E-state index contributed by atoms with van der Waals surface area (Å²) in [4.78, 5) is 16.1. The summed E-state index contributed by atoms with van der Waals surface area (Å²) in [7, 11) is 1.60. The zero-order chi connectivity index (χ0) is 18.2. The molecule has 2 aromatic carbocycles. The molecule has 0 unspecified atom stereocenters. The van der Waals surface area contributed by atoms with Gasteiger partial charge in [-0.3, -0.25) is 4.79 Å². The number of amides is 1. The van der Waals surface area contributed by atoms with Gasteiger partial charge in [0.2, 0.25) is 0 Å². The molecule has 26 heavy (non-hydrogen) atoms. The first-order chi connectivity index (χ1) is 12.8. The second kappa shape index (κ2) is 8.67. The number of aromatic nitrogens is 1. The Balaban J connectivity index is 1.57. The van der Waals surface area contributed by atoms with Crippen molar-refractivity contribution in [3.05, 3.63) is 89.6 Å². The molecule has 3 aromatic rings. The number of benzene rings is 2. The van der Waals surface area contributed by atoms with E-state index in [-0.39, 0.29) is 5.91 Å². The quantitative estimate of drug-likeness (QED) is 0.685. The first kappa shape index (κ1) is 17.5. The minimum atomic E-state index is -0.162. The van der Waals surface area contributed by atoms with Crippen LogP contribution in [0.2, 0.25) is 0 Å². The number of pyridine rings is 1. The van der Waals surface area contributed by atoms with Gasteiger partial charge < -0.3 is 15.4 Å². The van der Waals surface area contributed by atoms with Crippen LogP contribution in [0.3, 0.4) is 0 Å². The van der Waals surface area contributed by atoms with E-state index in [0.29, 0.717) is 24.5 Å². The van der Waals surface area contributed by atoms with Crippen LogP contribution in [0.5, 0.6) is 5.75 Å². The zero-order valence-corrected chi connectivity index (χ0v) is 14.6. The monoisotopic (exact) mass is 347 g/mol. The van der Waals surface area contributed by atoms with Crippen LogP contribution < -0.4 is 15.4 Å². The summed E-state index contributed by atoms with van der Waals surface area (Å²) in [5, 5.41) is 5.83. The molecule has 0 spiro atoms. The van der Waals surface area contributed by atoms with Crippen molar-refractivity contribution in [2.45, 2.75) is 13.2 Å². The fraction of sp³-hybridized carbons (Fsp3) is 0.143. The molecule has 1 aromatic heterocycles. The van der Waals surface area contributed by atoms with Crippen LogP contribution in [0.1, 0.15) is 21.5 Å². The molecule has 0 bridgehead atoms. The number of hydrogen-bond acceptors (Lipinski definition) is 4. The number of nitrogens with one attached hydrogen (secondary N) is 2. The third kappa shape index (κ3) is 4.60. The first-order valence-corrected chi connectivity index (χ1v) is 8.43. The highest BCUT2D eigenvalue weighted by Gasteiger charge is 2.10. The van der Waals surface area contributed by atoms with Crippen molar-refractivity contribution in [1.29, 1.82) is 0 Å². The Morgan fingerprint density at radius 2 is 1.73 bits per heavy atom. The van der Waals surface area contributed by atoms with E-state index in [2.05, 4.69) is 15.6 Å². The van der Waals surface area contributed by atoms with E-state index >= 15 is 0 Å².